The van der Waals surface area contributed by atoms with Crippen molar-refractivity contribution >= 4 is 17.8 Å². The number of hydrogen-bond donors (Lipinski definition) is 6. The highest BCUT2D eigenvalue weighted by atomic mass is 16.5. The SMILES string of the molecule is Cc1cccc(C)c1OCC(=O)N[C@@H]1CCCC[C@H]1O.O=C(O)C(O)C(O)C(=O)O. The van der Waals surface area contributed by atoms with Crippen molar-refractivity contribution in [3.8, 4) is 5.75 Å². The van der Waals surface area contributed by atoms with Crippen LogP contribution < -0.4 is 10.1 Å². The van der Waals surface area contributed by atoms with E-state index < -0.39 is 30.3 Å². The van der Waals surface area contributed by atoms with Gasteiger partial charge in [-0.3, -0.25) is 4.79 Å². The van der Waals surface area contributed by atoms with E-state index in [9.17, 15) is 19.5 Å². The summed E-state index contributed by atoms with van der Waals surface area (Å²) in [5, 5.41) is 45.2. The number of para-hydroxylation sites is 1. The fraction of sp³-hybridized carbons (Fsp3) is 0.550. The monoisotopic (exact) mass is 427 g/mol. The average molecular weight is 427 g/mol. The topological polar surface area (TPSA) is 174 Å². The number of ether oxygens (including phenoxy) is 1. The lowest BCUT2D eigenvalue weighted by Gasteiger charge is -2.28. The van der Waals surface area contributed by atoms with E-state index in [-0.39, 0.29) is 18.6 Å². The number of nitrogens with one attached hydrogen (secondary N) is 1. The van der Waals surface area contributed by atoms with Gasteiger partial charge in [0.2, 0.25) is 0 Å². The van der Waals surface area contributed by atoms with E-state index in [2.05, 4.69) is 5.32 Å². The molecule has 0 saturated heterocycles. The molecular formula is C20H29NO9. The highest BCUT2D eigenvalue weighted by Crippen LogP contribution is 2.22. The Hall–Kier alpha value is -2.69. The molecule has 1 aromatic carbocycles. The molecule has 30 heavy (non-hydrogen) atoms. The number of carbonyl (C=O) groups excluding carboxylic acids is 1. The second-order valence-corrected chi connectivity index (χ2v) is 7.10. The first-order valence-corrected chi connectivity index (χ1v) is 9.52. The summed E-state index contributed by atoms with van der Waals surface area (Å²) in [7, 11) is 0. The number of aliphatic carboxylic acids is 2. The molecule has 0 heterocycles. The first-order valence-electron chi connectivity index (χ1n) is 9.52. The number of carbonyl (C=O) groups is 3. The zero-order valence-electron chi connectivity index (χ0n) is 16.9. The van der Waals surface area contributed by atoms with E-state index in [4.69, 9.17) is 25.2 Å². The molecule has 0 radical (unpaired) electrons. The number of aryl methyl sites for hydroxylation is 2. The van der Waals surface area contributed by atoms with Gasteiger partial charge in [-0.25, -0.2) is 9.59 Å². The number of carboxylic acid groups (broad SMARTS) is 2. The molecule has 1 amide bonds. The number of aliphatic hydroxyl groups is 3. The molecule has 2 rings (SSSR count). The molecule has 1 saturated carbocycles. The van der Waals surface area contributed by atoms with Crippen LogP contribution in [0.15, 0.2) is 18.2 Å². The summed E-state index contributed by atoms with van der Waals surface area (Å²) in [5.74, 6) is -2.93. The molecule has 10 heteroatoms. The van der Waals surface area contributed by atoms with Crippen LogP contribution >= 0.6 is 0 Å². The minimum absolute atomic E-state index is 0.00505. The van der Waals surface area contributed by atoms with Gasteiger partial charge in [0, 0.05) is 0 Å². The Morgan fingerprint density at radius 2 is 1.53 bits per heavy atom. The Balaban J connectivity index is 0.000000382. The maximum absolute atomic E-state index is 11.9. The molecule has 1 fully saturated rings. The van der Waals surface area contributed by atoms with E-state index in [1.54, 1.807) is 0 Å². The zero-order valence-corrected chi connectivity index (χ0v) is 16.9. The molecule has 4 atom stereocenters. The van der Waals surface area contributed by atoms with E-state index in [0.717, 1.165) is 42.6 Å². The maximum Gasteiger partial charge on any atom is 0.335 e. The van der Waals surface area contributed by atoms with Crippen molar-refractivity contribution in [2.45, 2.75) is 63.9 Å². The number of hydrogen-bond acceptors (Lipinski definition) is 7. The van der Waals surface area contributed by atoms with Crippen LogP contribution in [0.2, 0.25) is 0 Å². The zero-order chi connectivity index (χ0) is 22.8. The lowest BCUT2D eigenvalue weighted by atomic mass is 9.92. The summed E-state index contributed by atoms with van der Waals surface area (Å²) in [6.07, 6.45) is -1.26. The summed E-state index contributed by atoms with van der Waals surface area (Å²) < 4.78 is 5.61. The normalized spacial score (nSPS) is 20.2. The number of carboxylic acids is 2. The Morgan fingerprint density at radius 1 is 1.03 bits per heavy atom. The summed E-state index contributed by atoms with van der Waals surface area (Å²) >= 11 is 0. The van der Waals surface area contributed by atoms with E-state index >= 15 is 0 Å². The number of aliphatic hydroxyl groups excluding tert-OH is 3. The summed E-state index contributed by atoms with van der Waals surface area (Å²) in [4.78, 5) is 31.4. The van der Waals surface area contributed by atoms with Crippen LogP contribution in [0.25, 0.3) is 0 Å². The van der Waals surface area contributed by atoms with Gasteiger partial charge in [0.05, 0.1) is 12.1 Å². The fourth-order valence-corrected chi connectivity index (χ4v) is 2.96. The molecule has 0 aromatic heterocycles. The van der Waals surface area contributed by atoms with Gasteiger partial charge in [0.1, 0.15) is 5.75 Å². The van der Waals surface area contributed by atoms with Crippen LogP contribution in [0.4, 0.5) is 0 Å². The van der Waals surface area contributed by atoms with Gasteiger partial charge in [-0.2, -0.15) is 0 Å². The van der Waals surface area contributed by atoms with E-state index in [0.29, 0.717) is 0 Å². The molecule has 0 spiro atoms. The Labute approximate surface area is 174 Å². The molecule has 1 aliphatic carbocycles. The maximum atomic E-state index is 11.9. The van der Waals surface area contributed by atoms with Gasteiger partial charge >= 0.3 is 11.9 Å². The Kier molecular flexibility index (Phi) is 10.2. The van der Waals surface area contributed by atoms with Crippen LogP contribution in [0.3, 0.4) is 0 Å². The second kappa shape index (κ2) is 12.1. The largest absolute Gasteiger partial charge is 0.483 e. The number of benzene rings is 1. The molecule has 1 aliphatic rings. The van der Waals surface area contributed by atoms with Gasteiger partial charge < -0.3 is 35.6 Å². The van der Waals surface area contributed by atoms with Crippen molar-refractivity contribution in [2.75, 3.05) is 6.61 Å². The first-order chi connectivity index (χ1) is 14.0. The highest BCUT2D eigenvalue weighted by Gasteiger charge is 2.29. The molecule has 168 valence electrons. The smallest absolute Gasteiger partial charge is 0.335 e. The van der Waals surface area contributed by atoms with Crippen LogP contribution in [0.1, 0.15) is 36.8 Å². The molecule has 10 nitrogen and oxygen atoms in total. The average Bonchev–Trinajstić information content (AvgIpc) is 2.68. The first kappa shape index (κ1) is 25.3. The van der Waals surface area contributed by atoms with Crippen molar-refractivity contribution in [1.82, 2.24) is 5.32 Å². The second-order valence-electron chi connectivity index (χ2n) is 7.10. The van der Waals surface area contributed by atoms with E-state index in [1.807, 2.05) is 32.0 Å². The van der Waals surface area contributed by atoms with E-state index in [1.165, 1.54) is 0 Å². The third-order valence-electron chi connectivity index (χ3n) is 4.64. The van der Waals surface area contributed by atoms with Gasteiger partial charge in [-0.05, 0) is 37.8 Å². The fourth-order valence-electron chi connectivity index (χ4n) is 2.96. The number of rotatable bonds is 7. The third kappa shape index (κ3) is 7.97. The predicted octanol–water partition coefficient (Wildman–Crippen LogP) is -0.0207. The molecule has 1 aromatic rings. The van der Waals surface area contributed by atoms with Crippen LogP contribution in [-0.2, 0) is 14.4 Å². The van der Waals surface area contributed by atoms with Crippen LogP contribution in [0, 0.1) is 13.8 Å². The van der Waals surface area contributed by atoms with Gasteiger partial charge in [0.15, 0.2) is 18.8 Å². The van der Waals surface area contributed by atoms with Crippen molar-refractivity contribution < 1.29 is 44.7 Å². The highest BCUT2D eigenvalue weighted by molar-refractivity contribution is 5.83. The molecule has 6 N–H and O–H groups in total. The van der Waals surface area contributed by atoms with Crippen molar-refractivity contribution in [3.05, 3.63) is 29.3 Å². The van der Waals surface area contributed by atoms with Crippen LogP contribution in [0.5, 0.6) is 5.75 Å². The van der Waals surface area contributed by atoms with Gasteiger partial charge in [-0.1, -0.05) is 31.0 Å². The van der Waals surface area contributed by atoms with Crippen LogP contribution in [-0.4, -0.2) is 74.3 Å². The Morgan fingerprint density at radius 3 is 2.00 bits per heavy atom. The lowest BCUT2D eigenvalue weighted by molar-refractivity contribution is -0.165. The molecule has 0 bridgehead atoms. The van der Waals surface area contributed by atoms with Crippen molar-refractivity contribution in [3.63, 3.8) is 0 Å². The standard InChI is InChI=1S/C16H23NO3.C4H6O6/c1-11-6-5-7-12(2)16(11)20-10-15(19)17-13-8-3-4-9-14(13)18;5-1(3(7)8)2(6)4(9)10/h5-7,13-14,18H,3-4,8-10H2,1-2H3,(H,17,19);1-2,5-6H,(H,7,8)(H,9,10)/t13-,14-;/m1./s1. The van der Waals surface area contributed by atoms with Gasteiger partial charge in [0.25, 0.3) is 5.91 Å². The van der Waals surface area contributed by atoms with Crippen molar-refractivity contribution in [1.29, 1.82) is 0 Å². The third-order valence-corrected chi connectivity index (χ3v) is 4.64. The van der Waals surface area contributed by atoms with Gasteiger partial charge in [-0.15, -0.1) is 0 Å². The predicted molar refractivity (Wildman–Crippen MR) is 105 cm³/mol. The summed E-state index contributed by atoms with van der Waals surface area (Å²) in [6.45, 7) is 3.92. The summed E-state index contributed by atoms with van der Waals surface area (Å²) in [5.41, 5.74) is 2.05. The molecular weight excluding hydrogens is 398 g/mol. The lowest BCUT2D eigenvalue weighted by Crippen LogP contribution is -2.46. The minimum Gasteiger partial charge on any atom is -0.483 e. The quantitative estimate of drug-likeness (QED) is 0.349. The molecule has 2 unspecified atom stereocenters. The summed E-state index contributed by atoms with van der Waals surface area (Å²) in [6, 6.07) is 5.77. The molecule has 0 aliphatic heterocycles. The minimum atomic E-state index is -2.27. The van der Waals surface area contributed by atoms with Crippen molar-refractivity contribution in [2.24, 2.45) is 0 Å². The number of amides is 1. The Bertz CT molecular complexity index is 699.